The van der Waals surface area contributed by atoms with E-state index < -0.39 is 0 Å². The van der Waals surface area contributed by atoms with Crippen LogP contribution in [-0.4, -0.2) is 25.1 Å². The fourth-order valence-corrected chi connectivity index (χ4v) is 2.12. The second kappa shape index (κ2) is 7.02. The molecule has 1 aromatic rings. The molecule has 1 rings (SSSR count). The second-order valence-corrected chi connectivity index (χ2v) is 4.41. The van der Waals surface area contributed by atoms with Crippen LogP contribution in [0.1, 0.15) is 49.0 Å². The molecular weight excluding hydrogens is 244 g/mol. The van der Waals surface area contributed by atoms with Crippen LogP contribution in [0.25, 0.3) is 0 Å². The molecule has 106 valence electrons. The van der Waals surface area contributed by atoms with Crippen LogP contribution in [0.5, 0.6) is 17.2 Å². The molecule has 0 aromatic heterocycles. The fourth-order valence-electron chi connectivity index (χ4n) is 2.12. The number of carbonyl (C=O) groups excluding carboxylic acids is 1. The molecule has 0 spiro atoms. The first-order valence-corrected chi connectivity index (χ1v) is 6.60. The standard InChI is InChI=1S/C15H22O4/c1-5-7-10-12(18-3)9-13(19-4)14(15(10)17)11(16)8-6-2/h9,17H,5-8H2,1-4H3. The van der Waals surface area contributed by atoms with Crippen molar-refractivity contribution in [3.63, 3.8) is 0 Å². The summed E-state index contributed by atoms with van der Waals surface area (Å²) in [6.45, 7) is 3.94. The van der Waals surface area contributed by atoms with Gasteiger partial charge in [0.05, 0.1) is 14.2 Å². The van der Waals surface area contributed by atoms with Crippen molar-refractivity contribution < 1.29 is 19.4 Å². The van der Waals surface area contributed by atoms with Gasteiger partial charge in [-0.25, -0.2) is 0 Å². The molecule has 0 saturated heterocycles. The maximum absolute atomic E-state index is 12.1. The Morgan fingerprint density at radius 2 is 1.79 bits per heavy atom. The van der Waals surface area contributed by atoms with Crippen LogP contribution < -0.4 is 9.47 Å². The van der Waals surface area contributed by atoms with Gasteiger partial charge in [0.1, 0.15) is 22.8 Å². The summed E-state index contributed by atoms with van der Waals surface area (Å²) in [6, 6.07) is 1.67. The van der Waals surface area contributed by atoms with Crippen molar-refractivity contribution >= 4 is 5.78 Å². The molecule has 0 amide bonds. The van der Waals surface area contributed by atoms with E-state index in [4.69, 9.17) is 9.47 Å². The number of Topliss-reactive ketones (excluding diaryl/α,β-unsaturated/α-hetero) is 1. The molecule has 0 saturated carbocycles. The van der Waals surface area contributed by atoms with Crippen molar-refractivity contribution in [1.82, 2.24) is 0 Å². The number of phenolic OH excluding ortho intramolecular Hbond substituents is 1. The average Bonchev–Trinajstić information content (AvgIpc) is 2.40. The number of aromatic hydroxyl groups is 1. The Kier molecular flexibility index (Phi) is 5.67. The van der Waals surface area contributed by atoms with Crippen LogP contribution >= 0.6 is 0 Å². The number of ether oxygens (including phenoxy) is 2. The van der Waals surface area contributed by atoms with Crippen LogP contribution in [0.4, 0.5) is 0 Å². The van der Waals surface area contributed by atoms with Gasteiger partial charge < -0.3 is 14.6 Å². The van der Waals surface area contributed by atoms with Gasteiger partial charge in [0.25, 0.3) is 0 Å². The molecule has 0 aliphatic carbocycles. The number of rotatable bonds is 7. The highest BCUT2D eigenvalue weighted by Crippen LogP contribution is 2.39. The molecule has 0 fully saturated rings. The van der Waals surface area contributed by atoms with Crippen LogP contribution in [0.15, 0.2) is 6.07 Å². The summed E-state index contributed by atoms with van der Waals surface area (Å²) in [5.74, 6) is 0.824. The number of ketones is 1. The van der Waals surface area contributed by atoms with Gasteiger partial charge >= 0.3 is 0 Å². The molecule has 4 nitrogen and oxygen atoms in total. The third-order valence-electron chi connectivity index (χ3n) is 3.02. The van der Waals surface area contributed by atoms with E-state index in [1.54, 1.807) is 13.2 Å². The van der Waals surface area contributed by atoms with Crippen LogP contribution in [-0.2, 0) is 6.42 Å². The lowest BCUT2D eigenvalue weighted by atomic mass is 9.98. The Morgan fingerprint density at radius 3 is 2.26 bits per heavy atom. The zero-order valence-electron chi connectivity index (χ0n) is 12.1. The van der Waals surface area contributed by atoms with Gasteiger partial charge in [0.15, 0.2) is 5.78 Å². The zero-order valence-corrected chi connectivity index (χ0v) is 12.1. The van der Waals surface area contributed by atoms with Gasteiger partial charge in [0.2, 0.25) is 0 Å². The number of methoxy groups -OCH3 is 2. The molecule has 19 heavy (non-hydrogen) atoms. The molecule has 1 aromatic carbocycles. The van der Waals surface area contributed by atoms with Crippen molar-refractivity contribution in [1.29, 1.82) is 0 Å². The monoisotopic (exact) mass is 266 g/mol. The summed E-state index contributed by atoms with van der Waals surface area (Å²) in [5.41, 5.74) is 0.943. The highest BCUT2D eigenvalue weighted by molar-refractivity contribution is 6.02. The van der Waals surface area contributed by atoms with Gasteiger partial charge in [-0.2, -0.15) is 0 Å². The first kappa shape index (κ1) is 15.3. The lowest BCUT2D eigenvalue weighted by Gasteiger charge is -2.16. The number of carbonyl (C=O) groups is 1. The molecule has 0 heterocycles. The molecule has 0 unspecified atom stereocenters. The summed E-state index contributed by atoms with van der Waals surface area (Å²) in [5, 5.41) is 10.4. The fraction of sp³-hybridized carbons (Fsp3) is 0.533. The molecule has 1 N–H and O–H groups in total. The Morgan fingerprint density at radius 1 is 1.16 bits per heavy atom. The van der Waals surface area contributed by atoms with Gasteiger partial charge in [-0.3, -0.25) is 4.79 Å². The Bertz CT molecular complexity index is 452. The van der Waals surface area contributed by atoms with Crippen LogP contribution in [0, 0.1) is 0 Å². The van der Waals surface area contributed by atoms with E-state index in [0.717, 1.165) is 12.8 Å². The van der Waals surface area contributed by atoms with Gasteiger partial charge in [-0.05, 0) is 12.8 Å². The van der Waals surface area contributed by atoms with E-state index in [1.807, 2.05) is 13.8 Å². The minimum Gasteiger partial charge on any atom is -0.507 e. The van der Waals surface area contributed by atoms with Gasteiger partial charge in [-0.15, -0.1) is 0 Å². The molecule has 0 bridgehead atoms. The number of hydrogen-bond donors (Lipinski definition) is 1. The van der Waals surface area contributed by atoms with Crippen LogP contribution in [0.3, 0.4) is 0 Å². The van der Waals surface area contributed by atoms with E-state index >= 15 is 0 Å². The SMILES string of the molecule is CCCC(=O)c1c(OC)cc(OC)c(CCC)c1O. The van der Waals surface area contributed by atoms with Crippen molar-refractivity contribution in [2.75, 3.05) is 14.2 Å². The van der Waals surface area contributed by atoms with Gasteiger partial charge in [-0.1, -0.05) is 20.3 Å². The maximum Gasteiger partial charge on any atom is 0.170 e. The maximum atomic E-state index is 12.1. The normalized spacial score (nSPS) is 10.3. The predicted molar refractivity (Wildman–Crippen MR) is 74.4 cm³/mol. The highest BCUT2D eigenvalue weighted by Gasteiger charge is 2.23. The van der Waals surface area contributed by atoms with Crippen molar-refractivity contribution in [3.05, 3.63) is 17.2 Å². The van der Waals surface area contributed by atoms with Crippen molar-refractivity contribution in [3.8, 4) is 17.2 Å². The first-order chi connectivity index (χ1) is 9.10. The van der Waals surface area contributed by atoms with E-state index in [1.165, 1.54) is 7.11 Å². The summed E-state index contributed by atoms with van der Waals surface area (Å²) < 4.78 is 10.5. The predicted octanol–water partition coefficient (Wildman–Crippen LogP) is 3.34. The van der Waals surface area contributed by atoms with E-state index in [9.17, 15) is 9.90 Å². The zero-order chi connectivity index (χ0) is 14.4. The van der Waals surface area contributed by atoms with E-state index in [0.29, 0.717) is 29.9 Å². The largest absolute Gasteiger partial charge is 0.507 e. The summed E-state index contributed by atoms with van der Waals surface area (Å²) in [7, 11) is 3.03. The highest BCUT2D eigenvalue weighted by atomic mass is 16.5. The summed E-state index contributed by atoms with van der Waals surface area (Å²) in [6.07, 6.45) is 2.64. The third kappa shape index (κ3) is 3.19. The van der Waals surface area contributed by atoms with Crippen LogP contribution in [0.2, 0.25) is 0 Å². The number of phenols is 1. The van der Waals surface area contributed by atoms with Crippen molar-refractivity contribution in [2.45, 2.75) is 39.5 Å². The quantitative estimate of drug-likeness (QED) is 0.769. The smallest absolute Gasteiger partial charge is 0.170 e. The Labute approximate surface area is 114 Å². The average molecular weight is 266 g/mol. The van der Waals surface area contributed by atoms with Crippen molar-refractivity contribution in [2.24, 2.45) is 0 Å². The Hall–Kier alpha value is -1.71. The third-order valence-corrected chi connectivity index (χ3v) is 3.02. The van der Waals surface area contributed by atoms with E-state index in [2.05, 4.69) is 0 Å². The first-order valence-electron chi connectivity index (χ1n) is 6.60. The molecule has 0 aliphatic heterocycles. The van der Waals surface area contributed by atoms with E-state index in [-0.39, 0.29) is 17.1 Å². The molecular formula is C15H22O4. The molecule has 0 atom stereocenters. The van der Waals surface area contributed by atoms with Gasteiger partial charge in [0, 0.05) is 18.1 Å². The molecule has 0 aliphatic rings. The molecule has 4 heteroatoms. The minimum absolute atomic E-state index is 0.00324. The lowest BCUT2D eigenvalue weighted by molar-refractivity contribution is 0.0975. The Balaban J connectivity index is 3.42. The second-order valence-electron chi connectivity index (χ2n) is 4.41. The summed E-state index contributed by atoms with van der Waals surface area (Å²) in [4.78, 5) is 12.1. The minimum atomic E-state index is -0.100. The lowest BCUT2D eigenvalue weighted by Crippen LogP contribution is -2.05. The number of hydrogen-bond acceptors (Lipinski definition) is 4. The summed E-state index contributed by atoms with van der Waals surface area (Å²) >= 11 is 0. The molecule has 0 radical (unpaired) electrons. The number of benzene rings is 1. The topological polar surface area (TPSA) is 55.8 Å².